The van der Waals surface area contributed by atoms with Crippen LogP contribution < -0.4 is 0 Å². The van der Waals surface area contributed by atoms with Crippen LogP contribution in [0.3, 0.4) is 0 Å². The van der Waals surface area contributed by atoms with Gasteiger partial charge in [0.25, 0.3) is 0 Å². The van der Waals surface area contributed by atoms with Crippen molar-refractivity contribution in [1.29, 1.82) is 0 Å². The fraction of sp³-hybridized carbons (Fsp3) is 0.500. The van der Waals surface area contributed by atoms with E-state index in [2.05, 4.69) is 0 Å². The summed E-state index contributed by atoms with van der Waals surface area (Å²) in [7, 11) is 0.719. The number of ether oxygens (including phenoxy) is 2. The molecule has 4 heteroatoms. The van der Waals surface area contributed by atoms with Crippen molar-refractivity contribution in [3.63, 3.8) is 0 Å². The molecule has 1 aromatic rings. The third kappa shape index (κ3) is 5.39. The minimum absolute atomic E-state index is 0.228. The smallest absolute Gasteiger partial charge is 0.154 e. The minimum Gasteiger partial charge on any atom is -0.356 e. The summed E-state index contributed by atoms with van der Waals surface area (Å²) in [5, 5.41) is 0. The average Bonchev–Trinajstić information content (AvgIpc) is 2.30. The summed E-state index contributed by atoms with van der Waals surface area (Å²) in [6, 6.07) is 9.83. The Labute approximate surface area is 99.2 Å². The Balaban J connectivity index is 2.21. The standard InChI is InChI=1S/C12H18O3S/c1-11(14-2)15-8-9-16(13)10-12-6-4-3-5-7-12/h3-7,11H,8-10H2,1-2H3. The fourth-order valence-corrected chi connectivity index (χ4v) is 2.20. The van der Waals surface area contributed by atoms with Crippen molar-refractivity contribution in [2.75, 3.05) is 19.5 Å². The summed E-state index contributed by atoms with van der Waals surface area (Å²) < 4.78 is 21.9. The first-order valence-electron chi connectivity index (χ1n) is 5.25. The molecular formula is C12H18O3S. The Morgan fingerprint density at radius 2 is 2.00 bits per heavy atom. The van der Waals surface area contributed by atoms with Gasteiger partial charge in [0.1, 0.15) is 0 Å². The van der Waals surface area contributed by atoms with Crippen molar-refractivity contribution in [2.45, 2.75) is 19.0 Å². The second-order valence-corrected chi connectivity index (χ2v) is 5.02. The van der Waals surface area contributed by atoms with Gasteiger partial charge in [-0.15, -0.1) is 0 Å². The van der Waals surface area contributed by atoms with Gasteiger partial charge in [-0.25, -0.2) is 0 Å². The van der Waals surface area contributed by atoms with Crippen molar-refractivity contribution in [1.82, 2.24) is 0 Å². The molecular weight excluding hydrogens is 224 g/mol. The third-order valence-corrected chi connectivity index (χ3v) is 3.44. The molecule has 0 aliphatic rings. The van der Waals surface area contributed by atoms with Gasteiger partial charge in [-0.05, 0) is 12.5 Å². The first kappa shape index (κ1) is 13.4. The van der Waals surface area contributed by atoms with Crippen LogP contribution in [-0.4, -0.2) is 30.0 Å². The molecule has 1 rings (SSSR count). The van der Waals surface area contributed by atoms with Gasteiger partial charge in [-0.2, -0.15) is 0 Å². The van der Waals surface area contributed by atoms with E-state index >= 15 is 0 Å². The van der Waals surface area contributed by atoms with Gasteiger partial charge in [0.15, 0.2) is 6.29 Å². The lowest BCUT2D eigenvalue weighted by molar-refractivity contribution is -0.105. The van der Waals surface area contributed by atoms with Crippen LogP contribution in [0.2, 0.25) is 0 Å². The zero-order chi connectivity index (χ0) is 11.8. The molecule has 3 nitrogen and oxygen atoms in total. The monoisotopic (exact) mass is 242 g/mol. The normalized spacial score (nSPS) is 14.6. The van der Waals surface area contributed by atoms with Crippen molar-refractivity contribution < 1.29 is 13.7 Å². The molecule has 0 aliphatic carbocycles. The number of methoxy groups -OCH3 is 1. The Bertz CT molecular complexity index is 313. The van der Waals surface area contributed by atoms with Crippen LogP contribution in [0.4, 0.5) is 0 Å². The van der Waals surface area contributed by atoms with Gasteiger partial charge in [-0.1, -0.05) is 30.3 Å². The Morgan fingerprint density at radius 1 is 1.31 bits per heavy atom. The van der Waals surface area contributed by atoms with Crippen molar-refractivity contribution >= 4 is 10.8 Å². The highest BCUT2D eigenvalue weighted by molar-refractivity contribution is 7.84. The minimum atomic E-state index is -0.870. The molecule has 0 saturated carbocycles. The SMILES string of the molecule is COC(C)OCCS(=O)Cc1ccccc1. The van der Waals surface area contributed by atoms with Crippen LogP contribution in [0, 0.1) is 0 Å². The molecule has 0 aromatic heterocycles. The summed E-state index contributed by atoms with van der Waals surface area (Å²) in [4.78, 5) is 0. The van der Waals surface area contributed by atoms with Crippen LogP contribution in [-0.2, 0) is 26.0 Å². The van der Waals surface area contributed by atoms with E-state index in [1.165, 1.54) is 0 Å². The van der Waals surface area contributed by atoms with E-state index in [9.17, 15) is 4.21 Å². The van der Waals surface area contributed by atoms with E-state index in [1.807, 2.05) is 37.3 Å². The van der Waals surface area contributed by atoms with E-state index in [4.69, 9.17) is 9.47 Å². The Hall–Kier alpha value is -0.710. The van der Waals surface area contributed by atoms with Crippen molar-refractivity contribution in [3.05, 3.63) is 35.9 Å². The number of benzene rings is 1. The molecule has 0 N–H and O–H groups in total. The topological polar surface area (TPSA) is 35.5 Å². The zero-order valence-electron chi connectivity index (χ0n) is 9.72. The summed E-state index contributed by atoms with van der Waals surface area (Å²) >= 11 is 0. The number of rotatable bonds is 7. The molecule has 2 unspecified atom stereocenters. The van der Waals surface area contributed by atoms with Gasteiger partial charge in [0.05, 0.1) is 6.61 Å². The lowest BCUT2D eigenvalue weighted by atomic mass is 10.2. The van der Waals surface area contributed by atoms with Crippen LogP contribution >= 0.6 is 0 Å². The molecule has 0 spiro atoms. The van der Waals surface area contributed by atoms with Crippen molar-refractivity contribution in [3.8, 4) is 0 Å². The maximum absolute atomic E-state index is 11.7. The van der Waals surface area contributed by atoms with Crippen LogP contribution in [0.25, 0.3) is 0 Å². The predicted molar refractivity (Wildman–Crippen MR) is 65.6 cm³/mol. The molecule has 2 atom stereocenters. The quantitative estimate of drug-likeness (QED) is 0.686. The molecule has 0 saturated heterocycles. The highest BCUT2D eigenvalue weighted by atomic mass is 32.2. The van der Waals surface area contributed by atoms with E-state index in [0.717, 1.165) is 5.56 Å². The van der Waals surface area contributed by atoms with Crippen molar-refractivity contribution in [2.24, 2.45) is 0 Å². The first-order valence-corrected chi connectivity index (χ1v) is 6.74. The summed E-state index contributed by atoms with van der Waals surface area (Å²) in [5.41, 5.74) is 1.10. The highest BCUT2D eigenvalue weighted by Crippen LogP contribution is 2.03. The summed E-state index contributed by atoms with van der Waals surface area (Å²) in [5.74, 6) is 1.13. The Morgan fingerprint density at radius 3 is 2.62 bits per heavy atom. The van der Waals surface area contributed by atoms with Gasteiger partial charge in [0, 0.05) is 29.4 Å². The lowest BCUT2D eigenvalue weighted by Gasteiger charge is -2.10. The first-order chi connectivity index (χ1) is 7.72. The van der Waals surface area contributed by atoms with Crippen LogP contribution in [0.1, 0.15) is 12.5 Å². The van der Waals surface area contributed by atoms with Crippen LogP contribution in [0.15, 0.2) is 30.3 Å². The molecule has 0 aliphatic heterocycles. The maximum atomic E-state index is 11.7. The number of hydrogen-bond donors (Lipinski definition) is 0. The van der Waals surface area contributed by atoms with Gasteiger partial charge >= 0.3 is 0 Å². The third-order valence-electron chi connectivity index (χ3n) is 2.17. The van der Waals surface area contributed by atoms with Gasteiger partial charge < -0.3 is 9.47 Å². The molecule has 1 aromatic carbocycles. The molecule has 0 bridgehead atoms. The Kier molecular flexibility index (Phi) is 6.30. The summed E-state index contributed by atoms with van der Waals surface area (Å²) in [6.45, 7) is 2.29. The summed E-state index contributed by atoms with van der Waals surface area (Å²) in [6.07, 6.45) is -0.228. The zero-order valence-corrected chi connectivity index (χ0v) is 10.5. The molecule has 0 radical (unpaired) electrons. The molecule has 0 heterocycles. The number of hydrogen-bond acceptors (Lipinski definition) is 3. The molecule has 16 heavy (non-hydrogen) atoms. The average molecular weight is 242 g/mol. The maximum Gasteiger partial charge on any atom is 0.154 e. The lowest BCUT2D eigenvalue weighted by Crippen LogP contribution is -2.15. The van der Waals surface area contributed by atoms with Gasteiger partial charge in [-0.3, -0.25) is 4.21 Å². The van der Waals surface area contributed by atoms with E-state index in [1.54, 1.807) is 7.11 Å². The molecule has 90 valence electrons. The molecule has 0 fully saturated rings. The van der Waals surface area contributed by atoms with Gasteiger partial charge in [0.2, 0.25) is 0 Å². The molecule has 0 amide bonds. The van der Waals surface area contributed by atoms with E-state index in [0.29, 0.717) is 18.1 Å². The largest absolute Gasteiger partial charge is 0.356 e. The van der Waals surface area contributed by atoms with E-state index in [-0.39, 0.29) is 6.29 Å². The predicted octanol–water partition coefficient (Wildman–Crippen LogP) is 1.94. The van der Waals surface area contributed by atoms with E-state index < -0.39 is 10.8 Å². The fourth-order valence-electron chi connectivity index (χ4n) is 1.21. The highest BCUT2D eigenvalue weighted by Gasteiger charge is 2.03. The second-order valence-electron chi connectivity index (χ2n) is 3.45. The van der Waals surface area contributed by atoms with Crippen LogP contribution in [0.5, 0.6) is 0 Å². The second kappa shape index (κ2) is 7.54.